The molecule has 40 heavy (non-hydrogen) atoms. The number of hydrogen-bond acceptors (Lipinski definition) is 5. The Morgan fingerprint density at radius 1 is 1.12 bits per heavy atom. The summed E-state index contributed by atoms with van der Waals surface area (Å²) in [6.45, 7) is 0.0851. The number of aromatic nitrogens is 2. The topological polar surface area (TPSA) is 125 Å². The van der Waals surface area contributed by atoms with Gasteiger partial charge in [-0.3, -0.25) is 14.2 Å². The number of alkyl halides is 3. The number of rotatable bonds is 8. The number of hydrogen-bond donors (Lipinski definition) is 4. The Balaban J connectivity index is 1.60. The van der Waals surface area contributed by atoms with Crippen molar-refractivity contribution in [2.45, 2.75) is 43.4 Å². The van der Waals surface area contributed by atoms with Crippen molar-refractivity contribution in [3.8, 4) is 5.69 Å². The highest BCUT2D eigenvalue weighted by Crippen LogP contribution is 2.40. The third kappa shape index (κ3) is 5.40. The van der Waals surface area contributed by atoms with Crippen molar-refractivity contribution in [3.63, 3.8) is 0 Å². The first-order valence-electron chi connectivity index (χ1n) is 12.1. The van der Waals surface area contributed by atoms with Crippen molar-refractivity contribution in [3.05, 3.63) is 63.7 Å². The van der Waals surface area contributed by atoms with Gasteiger partial charge in [-0.05, 0) is 43.7 Å². The summed E-state index contributed by atoms with van der Waals surface area (Å²) in [5.41, 5.74) is -3.95. The zero-order valence-corrected chi connectivity index (χ0v) is 20.4. The number of carboxylic acid groups (broad SMARTS) is 1. The van der Waals surface area contributed by atoms with Gasteiger partial charge in [-0.15, -0.1) is 0 Å². The minimum Gasteiger partial charge on any atom is -0.465 e. The van der Waals surface area contributed by atoms with Crippen LogP contribution in [0.3, 0.4) is 0 Å². The SMILES string of the molecule is O=C(O)NC1(CNc2ccc3c(=O)c(C(=O)NC(C4CC4)C(F)(F)F)cn(-c4c(F)cc(F)cc4F)c3n2)CC1. The second-order valence-electron chi connectivity index (χ2n) is 9.92. The monoisotopic (exact) mass is 569 g/mol. The molecule has 0 aliphatic heterocycles. The van der Waals surface area contributed by atoms with Gasteiger partial charge in [-0.2, -0.15) is 13.2 Å². The molecule has 3 aromatic rings. The fourth-order valence-electron chi connectivity index (χ4n) is 4.50. The molecule has 212 valence electrons. The third-order valence-electron chi connectivity index (χ3n) is 6.88. The van der Waals surface area contributed by atoms with Crippen LogP contribution in [0.2, 0.25) is 0 Å². The largest absolute Gasteiger partial charge is 0.465 e. The summed E-state index contributed by atoms with van der Waals surface area (Å²) in [5.74, 6) is -6.32. The molecule has 2 saturated carbocycles. The minimum absolute atomic E-state index is 0.0603. The van der Waals surface area contributed by atoms with E-state index >= 15 is 0 Å². The average molecular weight is 569 g/mol. The van der Waals surface area contributed by atoms with Crippen LogP contribution in [0.1, 0.15) is 36.0 Å². The molecule has 2 aliphatic rings. The molecule has 9 nitrogen and oxygen atoms in total. The molecule has 2 heterocycles. The number of anilines is 1. The number of carbonyl (C=O) groups is 2. The highest BCUT2D eigenvalue weighted by molar-refractivity contribution is 5.97. The Bertz CT molecular complexity index is 1560. The molecule has 2 fully saturated rings. The average Bonchev–Trinajstić information content (AvgIpc) is 3.78. The molecule has 2 aliphatic carbocycles. The molecule has 15 heteroatoms. The zero-order chi connectivity index (χ0) is 29.0. The molecule has 4 N–H and O–H groups in total. The van der Waals surface area contributed by atoms with Gasteiger partial charge >= 0.3 is 12.3 Å². The van der Waals surface area contributed by atoms with Crippen molar-refractivity contribution >= 4 is 28.9 Å². The van der Waals surface area contributed by atoms with Gasteiger partial charge in [0, 0.05) is 24.9 Å². The molecule has 0 bridgehead atoms. The summed E-state index contributed by atoms with van der Waals surface area (Å²) < 4.78 is 84.5. The molecular weight excluding hydrogens is 548 g/mol. The van der Waals surface area contributed by atoms with E-state index in [-0.39, 0.29) is 36.2 Å². The van der Waals surface area contributed by atoms with Gasteiger partial charge in [0.1, 0.15) is 28.9 Å². The van der Waals surface area contributed by atoms with E-state index in [2.05, 4.69) is 15.6 Å². The predicted molar refractivity (Wildman–Crippen MR) is 129 cm³/mol. The first-order valence-corrected chi connectivity index (χ1v) is 12.1. The highest BCUT2D eigenvalue weighted by atomic mass is 19.4. The van der Waals surface area contributed by atoms with Gasteiger partial charge in [0.2, 0.25) is 5.43 Å². The molecule has 1 atom stereocenters. The predicted octanol–water partition coefficient (Wildman–Crippen LogP) is 4.09. The smallest absolute Gasteiger partial charge is 0.408 e. The summed E-state index contributed by atoms with van der Waals surface area (Å²) in [6, 6.07) is 0.928. The van der Waals surface area contributed by atoms with Crippen LogP contribution in [0.5, 0.6) is 0 Å². The number of halogens is 6. The lowest BCUT2D eigenvalue weighted by molar-refractivity contribution is -0.158. The number of benzene rings is 1. The van der Waals surface area contributed by atoms with Crippen LogP contribution in [0.4, 0.5) is 37.0 Å². The van der Waals surface area contributed by atoms with Crippen LogP contribution in [0, 0.1) is 23.4 Å². The lowest BCUT2D eigenvalue weighted by Gasteiger charge is -2.22. The van der Waals surface area contributed by atoms with E-state index < -0.39 is 69.8 Å². The van der Waals surface area contributed by atoms with Crippen molar-refractivity contribution in [1.29, 1.82) is 0 Å². The third-order valence-corrected chi connectivity index (χ3v) is 6.88. The van der Waals surface area contributed by atoms with Crippen LogP contribution >= 0.6 is 0 Å². The van der Waals surface area contributed by atoms with Gasteiger partial charge in [0.15, 0.2) is 17.3 Å². The van der Waals surface area contributed by atoms with Crippen LogP contribution in [0.25, 0.3) is 16.7 Å². The molecule has 2 aromatic heterocycles. The van der Waals surface area contributed by atoms with Gasteiger partial charge in [-0.1, -0.05) is 0 Å². The summed E-state index contributed by atoms with van der Waals surface area (Å²) >= 11 is 0. The van der Waals surface area contributed by atoms with Crippen molar-refractivity contribution in [2.24, 2.45) is 5.92 Å². The quantitative estimate of drug-likeness (QED) is 0.303. The Kier molecular flexibility index (Phi) is 6.62. The lowest BCUT2D eigenvalue weighted by atomic mass is 10.1. The Morgan fingerprint density at radius 3 is 2.33 bits per heavy atom. The molecule has 0 saturated heterocycles. The first-order chi connectivity index (χ1) is 18.8. The van der Waals surface area contributed by atoms with Gasteiger partial charge in [-0.25, -0.2) is 22.9 Å². The summed E-state index contributed by atoms with van der Waals surface area (Å²) in [7, 11) is 0. The van der Waals surface area contributed by atoms with Crippen molar-refractivity contribution < 1.29 is 41.0 Å². The van der Waals surface area contributed by atoms with Crippen LogP contribution in [0.15, 0.2) is 35.3 Å². The maximum absolute atomic E-state index is 14.8. The van der Waals surface area contributed by atoms with Crippen molar-refractivity contribution in [1.82, 2.24) is 20.2 Å². The lowest BCUT2D eigenvalue weighted by Crippen LogP contribution is -2.48. The second kappa shape index (κ2) is 9.71. The summed E-state index contributed by atoms with van der Waals surface area (Å²) in [5, 5.41) is 15.7. The van der Waals surface area contributed by atoms with Gasteiger partial charge in [0.25, 0.3) is 5.91 Å². The summed E-state index contributed by atoms with van der Waals surface area (Å²) in [6.07, 6.45) is -3.85. The normalized spacial score (nSPS) is 16.9. The summed E-state index contributed by atoms with van der Waals surface area (Å²) in [4.78, 5) is 41.4. The van der Waals surface area contributed by atoms with E-state index in [0.717, 1.165) is 6.07 Å². The first kappa shape index (κ1) is 27.3. The number of fused-ring (bicyclic) bond motifs is 1. The van der Waals surface area contributed by atoms with Crippen LogP contribution in [-0.4, -0.2) is 51.0 Å². The van der Waals surface area contributed by atoms with Crippen molar-refractivity contribution in [2.75, 3.05) is 11.9 Å². The Morgan fingerprint density at radius 2 is 1.77 bits per heavy atom. The Hall–Kier alpha value is -4.30. The molecule has 0 radical (unpaired) electrons. The fraction of sp³-hybridized carbons (Fsp3) is 0.360. The molecule has 1 aromatic carbocycles. The molecular formula is C25H21F6N5O4. The maximum atomic E-state index is 14.8. The molecule has 0 spiro atoms. The molecule has 2 amide bonds. The van der Waals surface area contributed by atoms with Gasteiger partial charge < -0.3 is 21.1 Å². The Labute approximate surface area is 221 Å². The van der Waals surface area contributed by atoms with E-state index in [0.29, 0.717) is 35.7 Å². The van der Waals surface area contributed by atoms with E-state index in [9.17, 15) is 40.7 Å². The molecule has 1 unspecified atom stereocenters. The second-order valence-corrected chi connectivity index (χ2v) is 9.92. The maximum Gasteiger partial charge on any atom is 0.408 e. The van der Waals surface area contributed by atoms with Crippen LogP contribution < -0.4 is 21.4 Å². The number of nitrogens with zero attached hydrogens (tertiary/aromatic N) is 2. The highest BCUT2D eigenvalue weighted by Gasteiger charge is 2.50. The minimum atomic E-state index is -4.79. The number of nitrogens with one attached hydrogen (secondary N) is 3. The zero-order valence-electron chi connectivity index (χ0n) is 20.4. The fourth-order valence-corrected chi connectivity index (χ4v) is 4.50. The van der Waals surface area contributed by atoms with E-state index in [1.165, 1.54) is 6.07 Å². The van der Waals surface area contributed by atoms with Gasteiger partial charge in [0.05, 0.1) is 10.9 Å². The van der Waals surface area contributed by atoms with E-state index in [1.807, 2.05) is 5.32 Å². The van der Waals surface area contributed by atoms with E-state index in [4.69, 9.17) is 5.11 Å². The number of carbonyl (C=O) groups excluding carboxylic acids is 1. The number of pyridine rings is 2. The van der Waals surface area contributed by atoms with Crippen LogP contribution in [-0.2, 0) is 0 Å². The number of amides is 2. The standard InChI is InChI=1S/C25H21F6N5O4/c26-12-7-15(27)18(16(28)8-12)36-9-14(22(38)34-20(11-1-2-11)25(29,30)31)19(37)13-3-4-17(33-21(13)36)32-10-24(5-6-24)35-23(39)40/h3-4,7-9,11,20,35H,1-2,5-6,10H2,(H,32,33)(H,34,38)(H,39,40). The van der Waals surface area contributed by atoms with E-state index in [1.54, 1.807) is 0 Å². The molecule has 5 rings (SSSR count).